The fraction of sp³-hybridized carbons (Fsp3) is 0.0556. The lowest BCUT2D eigenvalue weighted by Crippen LogP contribution is -2.25. The van der Waals surface area contributed by atoms with E-state index in [9.17, 15) is 4.79 Å². The van der Waals surface area contributed by atoms with Crippen molar-refractivity contribution in [1.82, 2.24) is 10.4 Å². The molecular weight excluding hydrogens is 324 g/mol. The molecule has 0 aliphatic heterocycles. The molecule has 0 spiro atoms. The molecule has 0 aliphatic rings. The van der Waals surface area contributed by atoms with Crippen molar-refractivity contribution in [3.63, 3.8) is 0 Å². The number of para-hydroxylation sites is 1. The van der Waals surface area contributed by atoms with Crippen LogP contribution in [-0.4, -0.2) is 23.7 Å². The van der Waals surface area contributed by atoms with Crippen molar-refractivity contribution < 1.29 is 4.79 Å². The van der Waals surface area contributed by atoms with Crippen LogP contribution in [-0.2, 0) is 4.79 Å². The lowest BCUT2D eigenvalue weighted by molar-refractivity contribution is -0.119. The second-order valence-corrected chi connectivity index (χ2v) is 5.51. The molecule has 6 heteroatoms. The average molecular weight is 339 g/mol. The minimum atomic E-state index is -0.246. The van der Waals surface area contributed by atoms with Gasteiger partial charge in [-0.05, 0) is 30.3 Å². The highest BCUT2D eigenvalue weighted by Gasteiger charge is 2.01. The number of hydrogen-bond acceptors (Lipinski definition) is 4. The van der Waals surface area contributed by atoms with Gasteiger partial charge in [0.1, 0.15) is 0 Å². The van der Waals surface area contributed by atoms with Gasteiger partial charge in [0.2, 0.25) is 0 Å². The lowest BCUT2D eigenvalue weighted by Gasteiger charge is -2.05. The molecule has 0 unspecified atom stereocenters. The van der Waals surface area contributed by atoms with Gasteiger partial charge in [-0.25, -0.2) is 5.43 Å². The number of halogens is 1. The smallest absolute Gasteiger partial charge is 0.259 e. The molecule has 2 N–H and O–H groups in total. The van der Waals surface area contributed by atoms with E-state index < -0.39 is 0 Å². The predicted molar refractivity (Wildman–Crippen MR) is 97.4 cm³/mol. The van der Waals surface area contributed by atoms with Crippen molar-refractivity contribution in [3.05, 3.63) is 71.4 Å². The molecule has 120 valence electrons. The SMILES string of the molecule is O=C(CNc1cccc(Cl)c1)NN=Cc1ccnc2ccccc12. The quantitative estimate of drug-likeness (QED) is 0.553. The van der Waals surface area contributed by atoms with Gasteiger partial charge in [-0.3, -0.25) is 9.78 Å². The van der Waals surface area contributed by atoms with E-state index in [1.807, 2.05) is 42.5 Å². The maximum absolute atomic E-state index is 11.8. The summed E-state index contributed by atoms with van der Waals surface area (Å²) < 4.78 is 0. The van der Waals surface area contributed by atoms with Crippen LogP contribution in [0.25, 0.3) is 10.9 Å². The number of hydrogen-bond donors (Lipinski definition) is 2. The second-order valence-electron chi connectivity index (χ2n) is 5.07. The summed E-state index contributed by atoms with van der Waals surface area (Å²) >= 11 is 5.89. The van der Waals surface area contributed by atoms with Crippen LogP contribution in [0.15, 0.2) is 65.9 Å². The molecule has 24 heavy (non-hydrogen) atoms. The molecule has 2 aromatic carbocycles. The number of pyridine rings is 1. The number of fused-ring (bicyclic) bond motifs is 1. The zero-order chi connectivity index (χ0) is 16.8. The maximum Gasteiger partial charge on any atom is 0.259 e. The summed E-state index contributed by atoms with van der Waals surface area (Å²) in [5.74, 6) is -0.246. The Hall–Kier alpha value is -2.92. The van der Waals surface area contributed by atoms with E-state index in [1.165, 1.54) is 0 Å². The highest BCUT2D eigenvalue weighted by molar-refractivity contribution is 6.30. The molecule has 0 saturated carbocycles. The van der Waals surface area contributed by atoms with Crippen LogP contribution < -0.4 is 10.7 Å². The normalized spacial score (nSPS) is 10.9. The van der Waals surface area contributed by atoms with Gasteiger partial charge in [0, 0.05) is 27.9 Å². The van der Waals surface area contributed by atoms with Gasteiger partial charge in [0.15, 0.2) is 0 Å². The number of amides is 1. The monoisotopic (exact) mass is 338 g/mol. The molecule has 1 amide bonds. The molecule has 0 radical (unpaired) electrons. The van der Waals surface area contributed by atoms with E-state index in [0.717, 1.165) is 22.2 Å². The number of aromatic nitrogens is 1. The number of carbonyl (C=O) groups excluding carboxylic acids is 1. The molecule has 3 rings (SSSR count). The van der Waals surface area contributed by atoms with Crippen LogP contribution in [0.4, 0.5) is 5.69 Å². The van der Waals surface area contributed by atoms with E-state index in [4.69, 9.17) is 11.6 Å². The van der Waals surface area contributed by atoms with Gasteiger partial charge < -0.3 is 5.32 Å². The number of hydrazone groups is 1. The van der Waals surface area contributed by atoms with Gasteiger partial charge in [-0.1, -0.05) is 35.9 Å². The van der Waals surface area contributed by atoms with E-state index in [2.05, 4.69) is 20.8 Å². The van der Waals surface area contributed by atoms with Crippen LogP contribution in [0.3, 0.4) is 0 Å². The molecule has 3 aromatic rings. The first kappa shape index (κ1) is 16.0. The Labute approximate surface area is 144 Å². The van der Waals surface area contributed by atoms with Gasteiger partial charge in [-0.2, -0.15) is 5.10 Å². The standard InChI is InChI=1S/C18H15ClN4O/c19-14-4-3-5-15(10-14)21-12-18(24)23-22-11-13-8-9-20-17-7-2-1-6-16(13)17/h1-11,21H,12H2,(H,23,24). The zero-order valence-electron chi connectivity index (χ0n) is 12.7. The lowest BCUT2D eigenvalue weighted by atomic mass is 10.1. The summed E-state index contributed by atoms with van der Waals surface area (Å²) in [5.41, 5.74) is 5.05. The molecule has 0 bridgehead atoms. The molecule has 0 fully saturated rings. The third-order valence-corrected chi connectivity index (χ3v) is 3.59. The number of benzene rings is 2. The summed E-state index contributed by atoms with van der Waals surface area (Å²) in [5, 5.41) is 8.58. The summed E-state index contributed by atoms with van der Waals surface area (Å²) in [7, 11) is 0. The molecule has 0 aliphatic carbocycles. The van der Waals surface area contributed by atoms with E-state index in [0.29, 0.717) is 5.02 Å². The van der Waals surface area contributed by atoms with E-state index >= 15 is 0 Å². The van der Waals surface area contributed by atoms with Crippen LogP contribution in [0.1, 0.15) is 5.56 Å². The van der Waals surface area contributed by atoms with Gasteiger partial charge in [0.05, 0.1) is 18.3 Å². The first-order valence-electron chi connectivity index (χ1n) is 7.37. The molecule has 1 heterocycles. The maximum atomic E-state index is 11.8. The number of nitrogens with one attached hydrogen (secondary N) is 2. The van der Waals surface area contributed by atoms with Crippen LogP contribution in [0, 0.1) is 0 Å². The number of rotatable bonds is 5. The molecule has 0 saturated heterocycles. The topological polar surface area (TPSA) is 66.4 Å². The summed E-state index contributed by atoms with van der Waals surface area (Å²) in [6, 6.07) is 16.8. The van der Waals surface area contributed by atoms with Crippen molar-refractivity contribution in [3.8, 4) is 0 Å². The van der Waals surface area contributed by atoms with E-state index in [-0.39, 0.29) is 12.5 Å². The Morgan fingerprint density at radius 3 is 2.92 bits per heavy atom. The summed E-state index contributed by atoms with van der Waals surface area (Å²) in [6.45, 7) is 0.106. The van der Waals surface area contributed by atoms with Crippen LogP contribution >= 0.6 is 11.6 Å². The zero-order valence-corrected chi connectivity index (χ0v) is 13.5. The number of anilines is 1. The molecule has 1 aromatic heterocycles. The first-order valence-corrected chi connectivity index (χ1v) is 7.75. The minimum Gasteiger partial charge on any atom is -0.376 e. The van der Waals surface area contributed by atoms with Crippen LogP contribution in [0.5, 0.6) is 0 Å². The highest BCUT2D eigenvalue weighted by Crippen LogP contribution is 2.15. The first-order chi connectivity index (χ1) is 11.7. The molecular formula is C18H15ClN4O. The van der Waals surface area contributed by atoms with Crippen molar-refractivity contribution in [2.45, 2.75) is 0 Å². The van der Waals surface area contributed by atoms with Crippen LogP contribution in [0.2, 0.25) is 5.02 Å². The van der Waals surface area contributed by atoms with Crippen molar-refractivity contribution in [2.24, 2.45) is 5.10 Å². The fourth-order valence-electron chi connectivity index (χ4n) is 2.22. The summed E-state index contributed by atoms with van der Waals surface area (Å²) in [4.78, 5) is 16.1. The fourth-order valence-corrected chi connectivity index (χ4v) is 2.41. The van der Waals surface area contributed by atoms with Crippen molar-refractivity contribution >= 4 is 40.3 Å². The van der Waals surface area contributed by atoms with Gasteiger partial charge in [-0.15, -0.1) is 0 Å². The number of nitrogens with zero attached hydrogens (tertiary/aromatic N) is 2. The molecule has 5 nitrogen and oxygen atoms in total. The Balaban J connectivity index is 1.58. The largest absolute Gasteiger partial charge is 0.376 e. The Kier molecular flexibility index (Phi) is 5.03. The number of carbonyl (C=O) groups is 1. The van der Waals surface area contributed by atoms with Crippen molar-refractivity contribution in [2.75, 3.05) is 11.9 Å². The second kappa shape index (κ2) is 7.57. The third kappa shape index (κ3) is 4.08. The average Bonchev–Trinajstić information content (AvgIpc) is 2.60. The Bertz CT molecular complexity index is 890. The minimum absolute atomic E-state index is 0.106. The third-order valence-electron chi connectivity index (χ3n) is 3.35. The highest BCUT2D eigenvalue weighted by atomic mass is 35.5. The van der Waals surface area contributed by atoms with Gasteiger partial charge in [0.25, 0.3) is 5.91 Å². The van der Waals surface area contributed by atoms with Crippen molar-refractivity contribution in [1.29, 1.82) is 0 Å². The molecule has 0 atom stereocenters. The Morgan fingerprint density at radius 1 is 1.17 bits per heavy atom. The predicted octanol–water partition coefficient (Wildman–Crippen LogP) is 3.45. The Morgan fingerprint density at radius 2 is 2.04 bits per heavy atom. The van der Waals surface area contributed by atoms with E-state index in [1.54, 1.807) is 24.5 Å². The van der Waals surface area contributed by atoms with Gasteiger partial charge >= 0.3 is 0 Å². The summed E-state index contributed by atoms with van der Waals surface area (Å²) in [6.07, 6.45) is 3.33.